The Labute approximate surface area is 78.0 Å². The molecule has 3 nitrogen and oxygen atoms in total. The van der Waals surface area contributed by atoms with Gasteiger partial charge >= 0.3 is 0 Å². The van der Waals surface area contributed by atoms with Crippen LogP contribution in [0.1, 0.15) is 17.7 Å². The lowest BCUT2D eigenvalue weighted by Crippen LogP contribution is -1.93. The van der Waals surface area contributed by atoms with Crippen LogP contribution in [-0.2, 0) is 6.42 Å². The zero-order valence-corrected chi connectivity index (χ0v) is 7.87. The summed E-state index contributed by atoms with van der Waals surface area (Å²) in [6.45, 7) is 1.92. The molecule has 1 rings (SSSR count). The van der Waals surface area contributed by atoms with Crippen molar-refractivity contribution < 1.29 is 4.74 Å². The lowest BCUT2D eigenvalue weighted by molar-refractivity contribution is 0.396. The molecule has 0 saturated carbocycles. The molecule has 0 atom stereocenters. The van der Waals surface area contributed by atoms with Crippen LogP contribution in [0.15, 0.2) is 12.1 Å². The Hall–Kier alpha value is -1.56. The molecule has 0 aromatic carbocycles. The van der Waals surface area contributed by atoms with Crippen LogP contribution in [0.3, 0.4) is 0 Å². The Bertz CT molecular complexity index is 328. The van der Waals surface area contributed by atoms with Crippen molar-refractivity contribution in [1.29, 1.82) is 5.26 Å². The van der Waals surface area contributed by atoms with Gasteiger partial charge in [0.15, 0.2) is 0 Å². The summed E-state index contributed by atoms with van der Waals surface area (Å²) in [7, 11) is 1.59. The Morgan fingerprint density at radius 2 is 2.31 bits per heavy atom. The van der Waals surface area contributed by atoms with Crippen LogP contribution in [0, 0.1) is 18.3 Å². The number of hydrogen-bond donors (Lipinski definition) is 0. The molecule has 0 N–H and O–H groups in total. The third-order valence-electron chi connectivity index (χ3n) is 1.72. The van der Waals surface area contributed by atoms with Gasteiger partial charge in [-0.05, 0) is 25.0 Å². The second-order valence-corrected chi connectivity index (χ2v) is 2.82. The Kier molecular flexibility index (Phi) is 3.27. The molecule has 1 heterocycles. The first kappa shape index (κ1) is 9.53. The Morgan fingerprint density at radius 1 is 1.54 bits per heavy atom. The van der Waals surface area contributed by atoms with E-state index in [0.29, 0.717) is 12.3 Å². The van der Waals surface area contributed by atoms with Crippen molar-refractivity contribution >= 4 is 0 Å². The highest BCUT2D eigenvalue weighted by molar-refractivity contribution is 5.25. The summed E-state index contributed by atoms with van der Waals surface area (Å²) in [5.74, 6) is 0.618. The highest BCUT2D eigenvalue weighted by atomic mass is 16.5. The standard InChI is InChI=1S/C10H12N2O/c1-8-6-9(4-3-5-11)7-10(12-8)13-2/h6-7H,3-4H2,1-2H3. The van der Waals surface area contributed by atoms with Crippen LogP contribution >= 0.6 is 0 Å². The second-order valence-electron chi connectivity index (χ2n) is 2.82. The summed E-state index contributed by atoms with van der Waals surface area (Å²) >= 11 is 0. The quantitative estimate of drug-likeness (QED) is 0.706. The van der Waals surface area contributed by atoms with Crippen molar-refractivity contribution in [3.05, 3.63) is 23.4 Å². The molecule has 68 valence electrons. The van der Waals surface area contributed by atoms with Crippen molar-refractivity contribution in [3.63, 3.8) is 0 Å². The zero-order chi connectivity index (χ0) is 9.68. The molecule has 0 spiro atoms. The number of hydrogen-bond acceptors (Lipinski definition) is 3. The van der Waals surface area contributed by atoms with E-state index in [2.05, 4.69) is 11.1 Å². The molecule has 1 aromatic heterocycles. The molecule has 3 heteroatoms. The predicted molar refractivity (Wildman–Crippen MR) is 49.5 cm³/mol. The number of aryl methyl sites for hydroxylation is 2. The largest absolute Gasteiger partial charge is 0.481 e. The maximum absolute atomic E-state index is 8.43. The van der Waals surface area contributed by atoms with E-state index in [9.17, 15) is 0 Å². The van der Waals surface area contributed by atoms with E-state index in [0.717, 1.165) is 17.7 Å². The van der Waals surface area contributed by atoms with Gasteiger partial charge in [0.25, 0.3) is 0 Å². The molecule has 0 saturated heterocycles. The minimum Gasteiger partial charge on any atom is -0.481 e. The number of nitrogens with zero attached hydrogens (tertiary/aromatic N) is 2. The first-order chi connectivity index (χ1) is 6.26. The molecule has 0 bridgehead atoms. The van der Waals surface area contributed by atoms with E-state index in [1.165, 1.54) is 0 Å². The van der Waals surface area contributed by atoms with Gasteiger partial charge in [0.2, 0.25) is 5.88 Å². The zero-order valence-electron chi connectivity index (χ0n) is 7.87. The first-order valence-electron chi connectivity index (χ1n) is 4.15. The maximum Gasteiger partial charge on any atom is 0.213 e. The molecular formula is C10H12N2O. The van der Waals surface area contributed by atoms with Crippen LogP contribution in [0.5, 0.6) is 5.88 Å². The van der Waals surface area contributed by atoms with Crippen molar-refractivity contribution in [1.82, 2.24) is 4.98 Å². The lowest BCUT2D eigenvalue weighted by Gasteiger charge is -2.03. The topological polar surface area (TPSA) is 45.9 Å². The Morgan fingerprint density at radius 3 is 2.92 bits per heavy atom. The van der Waals surface area contributed by atoms with Crippen LogP contribution in [0.25, 0.3) is 0 Å². The predicted octanol–water partition coefficient (Wildman–Crippen LogP) is 1.85. The summed E-state index contributed by atoms with van der Waals surface area (Å²) in [6, 6.07) is 5.95. The van der Waals surface area contributed by atoms with Gasteiger partial charge in [0.05, 0.1) is 13.2 Å². The number of methoxy groups -OCH3 is 1. The van der Waals surface area contributed by atoms with Gasteiger partial charge in [0, 0.05) is 18.2 Å². The number of nitriles is 1. The molecule has 0 fully saturated rings. The van der Waals surface area contributed by atoms with Crippen molar-refractivity contribution in [2.75, 3.05) is 7.11 Å². The first-order valence-corrected chi connectivity index (χ1v) is 4.15. The monoisotopic (exact) mass is 176 g/mol. The fraction of sp³-hybridized carbons (Fsp3) is 0.400. The van der Waals surface area contributed by atoms with Gasteiger partial charge in [-0.3, -0.25) is 0 Å². The minimum atomic E-state index is 0.534. The van der Waals surface area contributed by atoms with Gasteiger partial charge in [-0.1, -0.05) is 0 Å². The van der Waals surface area contributed by atoms with Gasteiger partial charge in [0.1, 0.15) is 0 Å². The van der Waals surface area contributed by atoms with Crippen molar-refractivity contribution in [2.45, 2.75) is 19.8 Å². The summed E-state index contributed by atoms with van der Waals surface area (Å²) in [5.41, 5.74) is 2.03. The molecule has 0 amide bonds. The highest BCUT2D eigenvalue weighted by Gasteiger charge is 1.99. The normalized spacial score (nSPS) is 9.31. The average Bonchev–Trinajstić information content (AvgIpc) is 2.14. The third kappa shape index (κ3) is 2.75. The molecule has 13 heavy (non-hydrogen) atoms. The van der Waals surface area contributed by atoms with E-state index in [-0.39, 0.29) is 0 Å². The Balaban J connectivity index is 2.83. The van der Waals surface area contributed by atoms with E-state index < -0.39 is 0 Å². The van der Waals surface area contributed by atoms with E-state index in [1.807, 2.05) is 19.1 Å². The van der Waals surface area contributed by atoms with Crippen LogP contribution in [-0.4, -0.2) is 12.1 Å². The SMILES string of the molecule is COc1cc(CCC#N)cc(C)n1. The van der Waals surface area contributed by atoms with E-state index >= 15 is 0 Å². The van der Waals surface area contributed by atoms with E-state index in [4.69, 9.17) is 10.00 Å². The van der Waals surface area contributed by atoms with Crippen LogP contribution < -0.4 is 4.74 Å². The number of pyridine rings is 1. The van der Waals surface area contributed by atoms with Gasteiger partial charge in [-0.15, -0.1) is 0 Å². The smallest absolute Gasteiger partial charge is 0.213 e. The number of rotatable bonds is 3. The molecule has 1 aromatic rings. The maximum atomic E-state index is 8.43. The molecule has 0 aliphatic carbocycles. The summed E-state index contributed by atoms with van der Waals surface area (Å²) < 4.78 is 5.02. The van der Waals surface area contributed by atoms with Crippen LogP contribution in [0.2, 0.25) is 0 Å². The van der Waals surface area contributed by atoms with Gasteiger partial charge < -0.3 is 4.74 Å². The summed E-state index contributed by atoms with van der Waals surface area (Å²) in [4.78, 5) is 4.16. The third-order valence-corrected chi connectivity index (χ3v) is 1.72. The molecule has 0 radical (unpaired) electrons. The van der Waals surface area contributed by atoms with Crippen molar-refractivity contribution in [3.8, 4) is 11.9 Å². The second kappa shape index (κ2) is 4.46. The molecule has 0 aliphatic rings. The summed E-state index contributed by atoms with van der Waals surface area (Å²) in [6.07, 6.45) is 1.29. The minimum absolute atomic E-state index is 0.534. The van der Waals surface area contributed by atoms with Gasteiger partial charge in [-0.2, -0.15) is 5.26 Å². The fourth-order valence-electron chi connectivity index (χ4n) is 1.16. The fourth-order valence-corrected chi connectivity index (χ4v) is 1.16. The number of ether oxygens (including phenoxy) is 1. The van der Waals surface area contributed by atoms with E-state index in [1.54, 1.807) is 7.11 Å². The number of aromatic nitrogens is 1. The molecule has 0 unspecified atom stereocenters. The average molecular weight is 176 g/mol. The van der Waals surface area contributed by atoms with Crippen LogP contribution in [0.4, 0.5) is 0 Å². The van der Waals surface area contributed by atoms with Gasteiger partial charge in [-0.25, -0.2) is 4.98 Å². The molecule has 0 aliphatic heterocycles. The highest BCUT2D eigenvalue weighted by Crippen LogP contribution is 2.12. The molecular weight excluding hydrogens is 164 g/mol. The van der Waals surface area contributed by atoms with Crippen molar-refractivity contribution in [2.24, 2.45) is 0 Å². The lowest BCUT2D eigenvalue weighted by atomic mass is 10.1. The summed E-state index contributed by atoms with van der Waals surface area (Å²) in [5, 5.41) is 8.43.